The second-order valence-electron chi connectivity index (χ2n) is 3.52. The van der Waals surface area contributed by atoms with E-state index in [-0.39, 0.29) is 12.5 Å². The van der Waals surface area contributed by atoms with E-state index in [2.05, 4.69) is 10.3 Å². The van der Waals surface area contributed by atoms with Crippen LogP contribution in [0.15, 0.2) is 41.4 Å². The quantitative estimate of drug-likeness (QED) is 0.864. The van der Waals surface area contributed by atoms with E-state index < -0.39 is 6.10 Å². The topological polar surface area (TPSA) is 62.2 Å². The summed E-state index contributed by atoms with van der Waals surface area (Å²) < 4.78 is 0. The molecule has 0 radical (unpaired) electrons. The molecule has 4 nitrogen and oxygen atoms in total. The van der Waals surface area contributed by atoms with Gasteiger partial charge in [0, 0.05) is 18.9 Å². The highest BCUT2D eigenvalue weighted by Gasteiger charge is 2.10. The van der Waals surface area contributed by atoms with E-state index >= 15 is 0 Å². The van der Waals surface area contributed by atoms with E-state index in [1.165, 1.54) is 17.5 Å². The lowest BCUT2D eigenvalue weighted by molar-refractivity contribution is 0.0916. The molecule has 2 aromatic heterocycles. The molecule has 0 saturated heterocycles. The molecule has 88 valence electrons. The van der Waals surface area contributed by atoms with E-state index in [1.807, 2.05) is 16.8 Å². The van der Waals surface area contributed by atoms with Crippen LogP contribution >= 0.6 is 11.3 Å². The number of thiophene rings is 1. The monoisotopic (exact) mass is 248 g/mol. The maximum Gasteiger partial charge on any atom is 0.252 e. The summed E-state index contributed by atoms with van der Waals surface area (Å²) in [5.41, 5.74) is 1.31. The fourth-order valence-electron chi connectivity index (χ4n) is 1.37. The van der Waals surface area contributed by atoms with Crippen molar-refractivity contribution in [2.24, 2.45) is 0 Å². The largest absolute Gasteiger partial charge is 0.387 e. The number of nitrogens with zero attached hydrogens (tertiary/aromatic N) is 1. The first-order chi connectivity index (χ1) is 8.27. The molecule has 0 saturated carbocycles. The van der Waals surface area contributed by atoms with Gasteiger partial charge in [-0.15, -0.1) is 0 Å². The summed E-state index contributed by atoms with van der Waals surface area (Å²) in [6, 6.07) is 5.22. The van der Waals surface area contributed by atoms with E-state index in [0.29, 0.717) is 5.56 Å². The zero-order valence-electron chi connectivity index (χ0n) is 9.04. The molecular weight excluding hydrogens is 236 g/mol. The Kier molecular flexibility index (Phi) is 3.85. The molecule has 2 heterocycles. The van der Waals surface area contributed by atoms with Crippen LogP contribution in [-0.2, 0) is 0 Å². The molecule has 0 aliphatic rings. The zero-order chi connectivity index (χ0) is 12.1. The highest BCUT2D eigenvalue weighted by Crippen LogP contribution is 2.15. The van der Waals surface area contributed by atoms with Crippen LogP contribution in [0.5, 0.6) is 0 Å². The average Bonchev–Trinajstić information content (AvgIpc) is 2.90. The van der Waals surface area contributed by atoms with Crippen molar-refractivity contribution < 1.29 is 9.90 Å². The average molecular weight is 248 g/mol. The molecule has 2 N–H and O–H groups in total. The number of carbonyl (C=O) groups is 1. The number of carbonyl (C=O) groups excluding carboxylic acids is 1. The number of rotatable bonds is 4. The Hall–Kier alpha value is -1.72. The minimum absolute atomic E-state index is 0.199. The molecule has 0 aliphatic heterocycles. The van der Waals surface area contributed by atoms with E-state index in [4.69, 9.17) is 0 Å². The normalized spacial score (nSPS) is 12.1. The van der Waals surface area contributed by atoms with Crippen molar-refractivity contribution in [3.05, 3.63) is 52.5 Å². The third kappa shape index (κ3) is 3.12. The molecule has 2 aromatic rings. The molecule has 1 unspecified atom stereocenters. The molecule has 0 bridgehead atoms. The highest BCUT2D eigenvalue weighted by molar-refractivity contribution is 7.07. The van der Waals surface area contributed by atoms with Crippen molar-refractivity contribution in [1.82, 2.24) is 10.3 Å². The van der Waals surface area contributed by atoms with Crippen LogP contribution in [0, 0.1) is 0 Å². The molecule has 2 rings (SSSR count). The van der Waals surface area contributed by atoms with Crippen LogP contribution in [0.1, 0.15) is 22.0 Å². The fourth-order valence-corrected chi connectivity index (χ4v) is 2.08. The van der Waals surface area contributed by atoms with E-state index in [0.717, 1.165) is 5.56 Å². The molecule has 0 fully saturated rings. The van der Waals surface area contributed by atoms with Crippen molar-refractivity contribution in [2.45, 2.75) is 6.10 Å². The summed E-state index contributed by atoms with van der Waals surface area (Å²) in [6.45, 7) is 0.199. The second kappa shape index (κ2) is 5.56. The third-order valence-corrected chi connectivity index (χ3v) is 3.01. The Bertz CT molecular complexity index is 471. The predicted molar refractivity (Wildman–Crippen MR) is 65.8 cm³/mol. The molecular formula is C12H12N2O2S. The molecule has 1 atom stereocenters. The number of nitrogens with one attached hydrogen (secondary N) is 1. The summed E-state index contributed by atoms with van der Waals surface area (Å²) in [7, 11) is 0. The number of aliphatic hydroxyl groups is 1. The van der Waals surface area contributed by atoms with Crippen LogP contribution in [-0.4, -0.2) is 22.5 Å². The van der Waals surface area contributed by atoms with Crippen molar-refractivity contribution in [1.29, 1.82) is 0 Å². The number of amides is 1. The fraction of sp³-hybridized carbons (Fsp3) is 0.167. The van der Waals surface area contributed by atoms with Gasteiger partial charge in [0.15, 0.2) is 0 Å². The van der Waals surface area contributed by atoms with E-state index in [9.17, 15) is 9.90 Å². The summed E-state index contributed by atoms with van der Waals surface area (Å²) in [6.07, 6.45) is 2.44. The predicted octanol–water partition coefficient (Wildman–Crippen LogP) is 1.61. The summed E-state index contributed by atoms with van der Waals surface area (Å²) in [5.74, 6) is -0.229. The van der Waals surface area contributed by atoms with Crippen LogP contribution in [0.4, 0.5) is 0 Å². The number of pyridine rings is 1. The van der Waals surface area contributed by atoms with E-state index in [1.54, 1.807) is 18.3 Å². The summed E-state index contributed by atoms with van der Waals surface area (Å²) in [5, 5.41) is 16.2. The lowest BCUT2D eigenvalue weighted by atomic mass is 10.2. The lowest BCUT2D eigenvalue weighted by Gasteiger charge is -2.10. The maximum absolute atomic E-state index is 11.7. The van der Waals surface area contributed by atoms with Gasteiger partial charge in [0.1, 0.15) is 0 Å². The van der Waals surface area contributed by atoms with Gasteiger partial charge in [0.05, 0.1) is 11.7 Å². The number of aromatic nitrogens is 1. The van der Waals surface area contributed by atoms with Crippen LogP contribution in [0.25, 0.3) is 0 Å². The Morgan fingerprint density at radius 3 is 3.06 bits per heavy atom. The van der Waals surface area contributed by atoms with Gasteiger partial charge in [0.2, 0.25) is 0 Å². The summed E-state index contributed by atoms with van der Waals surface area (Å²) in [4.78, 5) is 15.5. The lowest BCUT2D eigenvalue weighted by Crippen LogP contribution is -2.28. The van der Waals surface area contributed by atoms with Crippen LogP contribution in [0.3, 0.4) is 0 Å². The van der Waals surface area contributed by atoms with Crippen molar-refractivity contribution in [2.75, 3.05) is 6.54 Å². The zero-order valence-corrected chi connectivity index (χ0v) is 9.85. The first-order valence-corrected chi connectivity index (χ1v) is 6.10. The first-order valence-electron chi connectivity index (χ1n) is 5.16. The molecule has 0 aliphatic carbocycles. The first kappa shape index (κ1) is 11.8. The highest BCUT2D eigenvalue weighted by atomic mass is 32.1. The van der Waals surface area contributed by atoms with Gasteiger partial charge in [-0.2, -0.15) is 11.3 Å². The minimum Gasteiger partial charge on any atom is -0.387 e. The van der Waals surface area contributed by atoms with Gasteiger partial charge >= 0.3 is 0 Å². The third-order valence-electron chi connectivity index (χ3n) is 2.31. The van der Waals surface area contributed by atoms with Gasteiger partial charge in [-0.25, -0.2) is 0 Å². The van der Waals surface area contributed by atoms with Gasteiger partial charge in [-0.3, -0.25) is 9.78 Å². The Morgan fingerprint density at radius 1 is 1.53 bits per heavy atom. The van der Waals surface area contributed by atoms with Crippen LogP contribution < -0.4 is 5.32 Å². The standard InChI is InChI=1S/C12H12N2O2S/c15-11(10-3-5-17-8-10)7-14-12(16)9-2-1-4-13-6-9/h1-6,8,11,15H,7H2,(H,14,16). The van der Waals surface area contributed by atoms with Crippen LogP contribution in [0.2, 0.25) is 0 Å². The van der Waals surface area contributed by atoms with Gasteiger partial charge in [-0.05, 0) is 34.5 Å². The second-order valence-corrected chi connectivity index (χ2v) is 4.30. The van der Waals surface area contributed by atoms with Crippen molar-refractivity contribution in [3.8, 4) is 0 Å². The molecule has 0 spiro atoms. The van der Waals surface area contributed by atoms with Gasteiger partial charge in [0.25, 0.3) is 5.91 Å². The Labute approximate surface area is 103 Å². The summed E-state index contributed by atoms with van der Waals surface area (Å²) >= 11 is 1.52. The number of hydrogen-bond donors (Lipinski definition) is 2. The molecule has 1 amide bonds. The minimum atomic E-state index is -0.665. The smallest absolute Gasteiger partial charge is 0.252 e. The number of hydrogen-bond acceptors (Lipinski definition) is 4. The van der Waals surface area contributed by atoms with Crippen molar-refractivity contribution in [3.63, 3.8) is 0 Å². The van der Waals surface area contributed by atoms with Gasteiger partial charge in [-0.1, -0.05) is 0 Å². The molecule has 0 aromatic carbocycles. The Morgan fingerprint density at radius 2 is 2.41 bits per heavy atom. The number of aliphatic hydroxyl groups excluding tert-OH is 1. The molecule has 5 heteroatoms. The molecule has 17 heavy (non-hydrogen) atoms. The van der Waals surface area contributed by atoms with Crippen molar-refractivity contribution >= 4 is 17.2 Å². The SMILES string of the molecule is O=C(NCC(O)c1ccsc1)c1cccnc1. The Balaban J connectivity index is 1.89. The maximum atomic E-state index is 11.7. The van der Waals surface area contributed by atoms with Gasteiger partial charge < -0.3 is 10.4 Å².